The van der Waals surface area contributed by atoms with Gasteiger partial charge in [-0.15, -0.1) is 0 Å². The van der Waals surface area contributed by atoms with Crippen LogP contribution in [0.25, 0.3) is 0 Å². The van der Waals surface area contributed by atoms with Gasteiger partial charge in [0.2, 0.25) is 0 Å². The predicted octanol–water partition coefficient (Wildman–Crippen LogP) is 3.61. The van der Waals surface area contributed by atoms with E-state index >= 15 is 0 Å². The molecule has 0 bridgehead atoms. The molecule has 2 aliphatic heterocycles. The van der Waals surface area contributed by atoms with Gasteiger partial charge < -0.3 is 63.5 Å². The molecule has 0 aliphatic carbocycles. The number of nitrogens with one attached hydrogen (secondary N) is 2. The van der Waals surface area contributed by atoms with E-state index < -0.39 is 11.6 Å². The molecule has 0 saturated heterocycles. The summed E-state index contributed by atoms with van der Waals surface area (Å²) in [6.07, 6.45) is 0.227. The normalized spacial score (nSPS) is 13.4. The summed E-state index contributed by atoms with van der Waals surface area (Å²) < 4.78 is 49.3. The number of esters is 2. The number of benzene rings is 3. The first-order valence-electron chi connectivity index (χ1n) is 17.1. The average molecular weight is 757 g/mol. The maximum Gasteiger partial charge on any atom is 0.340 e. The number of methoxy groups -OCH3 is 1. The minimum Gasteiger partial charge on any atom is -0.508 e. The third-order valence-electron chi connectivity index (χ3n) is 8.10. The molecule has 3 aromatic rings. The highest BCUT2D eigenvalue weighted by Crippen LogP contribution is 2.57. The molecule has 0 atom stereocenters. The number of carbonyl (C=O) groups excluding carboxylic acids is 2. The zero-order valence-corrected chi connectivity index (χ0v) is 30.2. The van der Waals surface area contributed by atoms with E-state index in [1.54, 1.807) is 30.3 Å². The monoisotopic (exact) mass is 756 g/mol. The van der Waals surface area contributed by atoms with Gasteiger partial charge in [0, 0.05) is 41.1 Å². The fourth-order valence-electron chi connectivity index (χ4n) is 5.65. The van der Waals surface area contributed by atoms with Crippen LogP contribution in [0.2, 0.25) is 0 Å². The molecule has 2 heterocycles. The van der Waals surface area contributed by atoms with Gasteiger partial charge in [0.05, 0.1) is 98.4 Å². The summed E-state index contributed by atoms with van der Waals surface area (Å²) in [5, 5.41) is 26.8. The first-order chi connectivity index (χ1) is 25.8. The smallest absolute Gasteiger partial charge is 0.340 e. The van der Waals surface area contributed by atoms with Crippen LogP contribution in [0.5, 0.6) is 23.0 Å². The lowest BCUT2D eigenvalue weighted by atomic mass is 9.77. The van der Waals surface area contributed by atoms with Gasteiger partial charge in [0.15, 0.2) is 10.7 Å². The maximum absolute atomic E-state index is 13.3. The highest BCUT2D eigenvalue weighted by atomic mass is 32.1. The van der Waals surface area contributed by atoms with Crippen molar-refractivity contribution in [3.8, 4) is 23.0 Å². The number of carbonyl (C=O) groups is 2. The van der Waals surface area contributed by atoms with Crippen molar-refractivity contribution in [2.75, 3.05) is 98.3 Å². The number of hydrogen-bond acceptors (Lipinski definition) is 14. The van der Waals surface area contributed by atoms with E-state index in [9.17, 15) is 19.8 Å². The Morgan fingerprint density at radius 3 is 1.72 bits per heavy atom. The molecule has 15 nitrogen and oxygen atoms in total. The summed E-state index contributed by atoms with van der Waals surface area (Å²) in [5.74, 6) is -0.241. The molecule has 0 radical (unpaired) electrons. The second-order valence-electron chi connectivity index (χ2n) is 11.7. The van der Waals surface area contributed by atoms with Crippen LogP contribution in [-0.4, -0.2) is 120 Å². The van der Waals surface area contributed by atoms with E-state index in [2.05, 4.69) is 15.4 Å². The van der Waals surface area contributed by atoms with Gasteiger partial charge in [0.25, 0.3) is 0 Å². The van der Waals surface area contributed by atoms with Gasteiger partial charge in [-0.2, -0.15) is 0 Å². The number of fused-ring (bicyclic) bond motifs is 6. The summed E-state index contributed by atoms with van der Waals surface area (Å²) in [6.45, 7) is 5.48. The van der Waals surface area contributed by atoms with Crippen molar-refractivity contribution >= 4 is 35.0 Å². The number of anilines is 1. The lowest BCUT2D eigenvalue weighted by molar-refractivity contribution is -0.141. The number of aromatic hydroxyl groups is 2. The molecule has 0 unspecified atom stereocenters. The molecule has 0 saturated carbocycles. The van der Waals surface area contributed by atoms with E-state index in [4.69, 9.17) is 50.1 Å². The number of ether oxygens (including phenoxy) is 9. The zero-order chi connectivity index (χ0) is 37.5. The molecule has 0 fully saturated rings. The van der Waals surface area contributed by atoms with Gasteiger partial charge in [-0.1, -0.05) is 6.07 Å². The Morgan fingerprint density at radius 1 is 0.698 bits per heavy atom. The summed E-state index contributed by atoms with van der Waals surface area (Å²) in [4.78, 5) is 24.3. The Morgan fingerprint density at radius 2 is 1.19 bits per heavy atom. The summed E-state index contributed by atoms with van der Waals surface area (Å²) in [6, 6.07) is 14.5. The third-order valence-corrected chi connectivity index (χ3v) is 8.35. The van der Waals surface area contributed by atoms with Crippen LogP contribution in [-0.2, 0) is 48.3 Å². The highest BCUT2D eigenvalue weighted by Gasteiger charge is 2.53. The van der Waals surface area contributed by atoms with Crippen molar-refractivity contribution < 1.29 is 62.4 Å². The van der Waals surface area contributed by atoms with Crippen LogP contribution >= 0.6 is 12.2 Å². The first-order valence-corrected chi connectivity index (χ1v) is 17.5. The van der Waals surface area contributed by atoms with E-state index in [-0.39, 0.29) is 23.9 Å². The SMILES string of the molecule is COC(=O)CCOCCOCCOCCOCCOCCOCCNC(=S)Nc1ccc2c(c1)C(=O)OC21c2ccc(O)cc2Oc2cc(O)ccc21. The van der Waals surface area contributed by atoms with Gasteiger partial charge in [-0.25, -0.2) is 4.79 Å². The fraction of sp³-hybridized carbons (Fsp3) is 0.432. The topological polar surface area (TPSA) is 182 Å². The number of hydrogen-bond donors (Lipinski definition) is 4. The predicted molar refractivity (Wildman–Crippen MR) is 194 cm³/mol. The third kappa shape index (κ3) is 10.8. The lowest BCUT2D eigenvalue weighted by Crippen LogP contribution is -2.33. The summed E-state index contributed by atoms with van der Waals surface area (Å²) in [5.41, 5.74) is 1.29. The van der Waals surface area contributed by atoms with Crippen molar-refractivity contribution in [1.82, 2.24) is 5.32 Å². The highest BCUT2D eigenvalue weighted by molar-refractivity contribution is 7.80. The van der Waals surface area contributed by atoms with E-state index in [0.717, 1.165) is 0 Å². The van der Waals surface area contributed by atoms with E-state index in [1.165, 1.54) is 31.4 Å². The molecule has 0 aromatic heterocycles. The molecule has 5 rings (SSSR count). The van der Waals surface area contributed by atoms with Crippen molar-refractivity contribution in [1.29, 1.82) is 0 Å². The average Bonchev–Trinajstić information content (AvgIpc) is 3.42. The van der Waals surface area contributed by atoms with Crippen molar-refractivity contribution in [2.45, 2.75) is 12.0 Å². The van der Waals surface area contributed by atoms with Crippen LogP contribution < -0.4 is 15.4 Å². The van der Waals surface area contributed by atoms with Crippen LogP contribution in [0.4, 0.5) is 5.69 Å². The number of phenols is 2. The lowest BCUT2D eigenvalue weighted by Gasteiger charge is -2.36. The van der Waals surface area contributed by atoms with Gasteiger partial charge in [-0.05, 0) is 48.6 Å². The van der Waals surface area contributed by atoms with Crippen LogP contribution in [0.3, 0.4) is 0 Å². The van der Waals surface area contributed by atoms with Gasteiger partial charge >= 0.3 is 11.9 Å². The molecule has 53 heavy (non-hydrogen) atoms. The Balaban J connectivity index is 0.922. The van der Waals surface area contributed by atoms with Crippen molar-refractivity contribution in [3.63, 3.8) is 0 Å². The Labute approximate surface area is 312 Å². The molecule has 2 aliphatic rings. The standard InChI is InChI=1S/C37H44N2O13S/c1-44-34(42)8-10-45-12-14-47-16-18-49-20-21-50-19-17-48-15-13-46-11-9-38-36(53)39-25-2-5-29-28(22-25)35(43)52-37(29)30-6-3-26(40)23-32(30)51-33-24-27(41)4-7-31(33)37/h2-7,22-24,40-41H,8-21H2,1H3,(H2,38,39,53). The molecule has 3 aromatic carbocycles. The Bertz CT molecular complexity index is 1650. The van der Waals surface area contributed by atoms with Crippen LogP contribution in [0.1, 0.15) is 33.5 Å². The zero-order valence-electron chi connectivity index (χ0n) is 29.4. The molecular formula is C37H44N2O13S. The Kier molecular flexibility index (Phi) is 15.0. The maximum atomic E-state index is 13.3. The molecule has 16 heteroatoms. The Hall–Kier alpha value is -4.55. The molecular weight excluding hydrogens is 712 g/mol. The quantitative estimate of drug-likeness (QED) is 0.0663. The molecule has 0 amide bonds. The summed E-state index contributed by atoms with van der Waals surface area (Å²) >= 11 is 5.45. The summed E-state index contributed by atoms with van der Waals surface area (Å²) in [7, 11) is 1.34. The van der Waals surface area contributed by atoms with Crippen molar-refractivity contribution in [3.05, 3.63) is 76.9 Å². The minimum atomic E-state index is -1.33. The second-order valence-corrected chi connectivity index (χ2v) is 12.1. The second kappa shape index (κ2) is 20.1. The van der Waals surface area contributed by atoms with Crippen LogP contribution in [0.15, 0.2) is 54.6 Å². The van der Waals surface area contributed by atoms with Crippen molar-refractivity contribution in [2.24, 2.45) is 0 Å². The first kappa shape index (κ1) is 39.7. The molecule has 1 spiro atoms. The number of thiocarbonyl (C=S) groups is 1. The van der Waals surface area contributed by atoms with E-state index in [0.29, 0.717) is 130 Å². The largest absolute Gasteiger partial charge is 0.508 e. The van der Waals surface area contributed by atoms with Crippen LogP contribution in [0, 0.1) is 0 Å². The van der Waals surface area contributed by atoms with Gasteiger partial charge in [-0.3, -0.25) is 4.79 Å². The number of rotatable bonds is 22. The molecule has 286 valence electrons. The fourth-order valence-corrected chi connectivity index (χ4v) is 5.87. The number of phenolic OH excluding ortho intramolecular Hbond substituents is 2. The minimum absolute atomic E-state index is 0.0131. The molecule has 4 N–H and O–H groups in total. The van der Waals surface area contributed by atoms with E-state index in [1.807, 2.05) is 0 Å². The van der Waals surface area contributed by atoms with Gasteiger partial charge in [0.1, 0.15) is 23.0 Å².